The lowest BCUT2D eigenvalue weighted by molar-refractivity contribution is 0.532. The largest absolute Gasteiger partial charge is 0.358 e. The van der Waals surface area contributed by atoms with E-state index < -0.39 is 0 Å². The second-order valence-corrected chi connectivity index (χ2v) is 5.62. The summed E-state index contributed by atoms with van der Waals surface area (Å²) in [5.41, 5.74) is 1.24. The predicted molar refractivity (Wildman–Crippen MR) is 74.3 cm³/mol. The van der Waals surface area contributed by atoms with Gasteiger partial charge in [0.1, 0.15) is 0 Å². The van der Waals surface area contributed by atoms with Crippen LogP contribution in [0.1, 0.15) is 32.4 Å². The first kappa shape index (κ1) is 12.4. The van der Waals surface area contributed by atoms with Crippen LogP contribution in [0, 0.1) is 5.92 Å². The number of hydrogen-bond acceptors (Lipinski definition) is 4. The van der Waals surface area contributed by atoms with Crippen LogP contribution < -0.4 is 5.32 Å². The number of nitrogens with one attached hydrogen (secondary N) is 1. The van der Waals surface area contributed by atoms with Gasteiger partial charge in [0.2, 0.25) is 0 Å². The van der Waals surface area contributed by atoms with Crippen LogP contribution in [-0.4, -0.2) is 21.9 Å². The molecular formula is C13H19N3S. The molecule has 0 bridgehead atoms. The molecule has 2 rings (SSSR count). The van der Waals surface area contributed by atoms with Crippen molar-refractivity contribution in [1.29, 1.82) is 0 Å². The topological polar surface area (TPSA) is 37.3 Å². The van der Waals surface area contributed by atoms with Crippen molar-refractivity contribution in [3.8, 4) is 0 Å². The van der Waals surface area contributed by atoms with Gasteiger partial charge in [-0.2, -0.15) is 0 Å². The van der Waals surface area contributed by atoms with Crippen LogP contribution in [0.4, 0.5) is 0 Å². The van der Waals surface area contributed by atoms with E-state index in [-0.39, 0.29) is 6.04 Å². The summed E-state index contributed by atoms with van der Waals surface area (Å²) in [5.74, 6) is 1.82. The normalized spacial score (nSPS) is 26.2. The summed E-state index contributed by atoms with van der Waals surface area (Å²) < 4.78 is 0. The summed E-state index contributed by atoms with van der Waals surface area (Å²) in [4.78, 5) is 8.71. The van der Waals surface area contributed by atoms with Gasteiger partial charge in [-0.15, -0.1) is 0 Å². The molecule has 1 aromatic rings. The molecule has 0 saturated carbocycles. The Hall–Kier alpha value is -1.03. The lowest BCUT2D eigenvalue weighted by Gasteiger charge is -2.25. The van der Waals surface area contributed by atoms with E-state index in [1.165, 1.54) is 5.56 Å². The van der Waals surface area contributed by atoms with Crippen molar-refractivity contribution in [3.05, 3.63) is 30.1 Å². The number of amidine groups is 1. The van der Waals surface area contributed by atoms with Crippen LogP contribution in [0.2, 0.25) is 0 Å². The highest BCUT2D eigenvalue weighted by Gasteiger charge is 2.20. The molecular weight excluding hydrogens is 230 g/mol. The molecule has 3 atom stereocenters. The van der Waals surface area contributed by atoms with E-state index in [4.69, 9.17) is 0 Å². The number of aliphatic imine (C=N–C) groups is 1. The zero-order valence-electron chi connectivity index (χ0n) is 10.6. The second kappa shape index (κ2) is 5.54. The lowest BCUT2D eigenvalue weighted by Crippen LogP contribution is -2.31. The molecule has 1 aromatic heterocycles. The van der Waals surface area contributed by atoms with E-state index in [1.54, 1.807) is 0 Å². The van der Waals surface area contributed by atoms with Gasteiger partial charge >= 0.3 is 0 Å². The van der Waals surface area contributed by atoms with Crippen molar-refractivity contribution in [3.63, 3.8) is 0 Å². The monoisotopic (exact) mass is 249 g/mol. The molecule has 4 heteroatoms. The molecule has 0 amide bonds. The van der Waals surface area contributed by atoms with Crippen LogP contribution in [0.15, 0.2) is 29.5 Å². The number of pyridine rings is 1. The third kappa shape index (κ3) is 3.22. The highest BCUT2D eigenvalue weighted by molar-refractivity contribution is 8.13. The van der Waals surface area contributed by atoms with Crippen molar-refractivity contribution in [1.82, 2.24) is 10.3 Å². The molecule has 1 aliphatic heterocycles. The Morgan fingerprint density at radius 3 is 2.71 bits per heavy atom. The molecule has 0 fully saturated rings. The maximum Gasteiger partial charge on any atom is 0.157 e. The Kier molecular flexibility index (Phi) is 4.05. The van der Waals surface area contributed by atoms with E-state index in [9.17, 15) is 0 Å². The first-order valence-electron chi connectivity index (χ1n) is 6.04. The van der Waals surface area contributed by atoms with Crippen LogP contribution in [0.25, 0.3) is 0 Å². The van der Waals surface area contributed by atoms with Gasteiger partial charge in [0.05, 0.1) is 12.1 Å². The van der Waals surface area contributed by atoms with Crippen LogP contribution in [0.3, 0.4) is 0 Å². The van der Waals surface area contributed by atoms with Crippen molar-refractivity contribution < 1.29 is 0 Å². The Labute approximate surface area is 107 Å². The number of rotatable bonds is 2. The van der Waals surface area contributed by atoms with Gasteiger partial charge in [0.25, 0.3) is 0 Å². The van der Waals surface area contributed by atoms with Crippen LogP contribution >= 0.6 is 11.8 Å². The Balaban J connectivity index is 2.00. The minimum atomic E-state index is 0.282. The number of hydrogen-bond donors (Lipinski definition) is 1. The summed E-state index contributed by atoms with van der Waals surface area (Å²) in [7, 11) is 0. The fourth-order valence-electron chi connectivity index (χ4n) is 1.70. The third-order valence-electron chi connectivity index (χ3n) is 3.17. The van der Waals surface area contributed by atoms with Gasteiger partial charge in [-0.1, -0.05) is 18.7 Å². The van der Waals surface area contributed by atoms with Crippen molar-refractivity contribution in [2.75, 3.05) is 5.75 Å². The smallest absolute Gasteiger partial charge is 0.157 e. The highest BCUT2D eigenvalue weighted by Crippen LogP contribution is 2.23. The standard InChI is InChI=1S/C13H19N3S/c1-9-8-17-13(15-10(9)2)16-11(3)12-4-6-14-7-5-12/h4-7,9-11H,8H2,1-3H3,(H,15,16). The first-order chi connectivity index (χ1) is 8.16. The number of aromatic nitrogens is 1. The minimum Gasteiger partial charge on any atom is -0.358 e. The van der Waals surface area contributed by atoms with Crippen molar-refractivity contribution in [2.24, 2.45) is 10.9 Å². The molecule has 3 nitrogen and oxygen atoms in total. The lowest BCUT2D eigenvalue weighted by atomic mass is 10.1. The number of nitrogens with zero attached hydrogens (tertiary/aromatic N) is 2. The zero-order chi connectivity index (χ0) is 12.3. The van der Waals surface area contributed by atoms with Gasteiger partial charge in [-0.05, 0) is 37.5 Å². The van der Waals surface area contributed by atoms with E-state index in [2.05, 4.69) is 36.1 Å². The Morgan fingerprint density at radius 2 is 2.06 bits per heavy atom. The quantitative estimate of drug-likeness (QED) is 0.875. The summed E-state index contributed by atoms with van der Waals surface area (Å²) in [6.07, 6.45) is 3.65. The van der Waals surface area contributed by atoms with Crippen LogP contribution in [0.5, 0.6) is 0 Å². The third-order valence-corrected chi connectivity index (χ3v) is 4.36. The van der Waals surface area contributed by atoms with Gasteiger partial charge in [-0.25, -0.2) is 0 Å². The maximum atomic E-state index is 4.68. The van der Waals surface area contributed by atoms with E-state index in [1.807, 2.05) is 36.3 Å². The SMILES string of the molecule is CC(NC1=NC(C)C(C)CS1)c1ccncc1. The summed E-state index contributed by atoms with van der Waals surface area (Å²) in [6.45, 7) is 6.59. The van der Waals surface area contributed by atoms with E-state index in [0.29, 0.717) is 12.0 Å². The average molecular weight is 249 g/mol. The first-order valence-corrected chi connectivity index (χ1v) is 7.02. The molecule has 2 heterocycles. The minimum absolute atomic E-state index is 0.282. The van der Waals surface area contributed by atoms with Gasteiger partial charge in [0, 0.05) is 18.1 Å². The van der Waals surface area contributed by atoms with Gasteiger partial charge in [0.15, 0.2) is 5.17 Å². The molecule has 0 aromatic carbocycles. The molecule has 0 spiro atoms. The highest BCUT2D eigenvalue weighted by atomic mass is 32.2. The second-order valence-electron chi connectivity index (χ2n) is 4.61. The fourth-order valence-corrected chi connectivity index (χ4v) is 2.90. The zero-order valence-corrected chi connectivity index (χ0v) is 11.4. The average Bonchev–Trinajstić information content (AvgIpc) is 2.35. The maximum absolute atomic E-state index is 4.68. The van der Waals surface area contributed by atoms with E-state index in [0.717, 1.165) is 10.9 Å². The Bertz CT molecular complexity index is 391. The molecule has 92 valence electrons. The van der Waals surface area contributed by atoms with Gasteiger partial charge < -0.3 is 5.32 Å². The van der Waals surface area contributed by atoms with Crippen molar-refractivity contribution in [2.45, 2.75) is 32.9 Å². The van der Waals surface area contributed by atoms with E-state index >= 15 is 0 Å². The summed E-state index contributed by atoms with van der Waals surface area (Å²) in [6, 6.07) is 4.78. The predicted octanol–water partition coefficient (Wildman–Crippen LogP) is 2.86. The van der Waals surface area contributed by atoms with Crippen molar-refractivity contribution >= 4 is 16.9 Å². The molecule has 1 aliphatic rings. The Morgan fingerprint density at radius 1 is 1.35 bits per heavy atom. The number of thioether (sulfide) groups is 1. The molecule has 0 radical (unpaired) electrons. The molecule has 0 saturated heterocycles. The summed E-state index contributed by atoms with van der Waals surface area (Å²) >= 11 is 1.82. The fraction of sp³-hybridized carbons (Fsp3) is 0.538. The molecule has 1 N–H and O–H groups in total. The molecule has 0 aliphatic carbocycles. The molecule has 3 unspecified atom stereocenters. The van der Waals surface area contributed by atoms with Crippen LogP contribution in [-0.2, 0) is 0 Å². The summed E-state index contributed by atoms with van der Waals surface area (Å²) in [5, 5.41) is 4.54. The van der Waals surface area contributed by atoms with Gasteiger partial charge in [-0.3, -0.25) is 9.98 Å². The molecule has 17 heavy (non-hydrogen) atoms.